The lowest BCUT2D eigenvalue weighted by Gasteiger charge is -2.26. The van der Waals surface area contributed by atoms with Crippen molar-refractivity contribution in [2.45, 2.75) is 37.5 Å². The number of rotatable bonds is 5. The van der Waals surface area contributed by atoms with E-state index in [1.807, 2.05) is 12.1 Å². The minimum absolute atomic E-state index is 0.0470. The summed E-state index contributed by atoms with van der Waals surface area (Å²) in [6.07, 6.45) is 2.60. The number of fused-ring (bicyclic) bond motifs is 1. The summed E-state index contributed by atoms with van der Waals surface area (Å²) in [5.41, 5.74) is -0.167. The van der Waals surface area contributed by atoms with Gasteiger partial charge in [0.25, 0.3) is 0 Å². The van der Waals surface area contributed by atoms with Crippen LogP contribution >= 0.6 is 0 Å². The summed E-state index contributed by atoms with van der Waals surface area (Å²) in [6, 6.07) is 8.81. The first-order chi connectivity index (χ1) is 11.1. The van der Waals surface area contributed by atoms with E-state index in [1.54, 1.807) is 31.2 Å². The molecule has 0 aliphatic carbocycles. The SMILES string of the molecule is CC[C@@](O)(C(=O)OCC1=CCN2CC[C@H](O)[C@@H]12)c1ccccc1. The number of nitrogens with zero attached hydrogens (tertiary/aromatic N) is 1. The van der Waals surface area contributed by atoms with Gasteiger partial charge < -0.3 is 14.9 Å². The average molecular weight is 317 g/mol. The van der Waals surface area contributed by atoms with Gasteiger partial charge in [0.05, 0.1) is 12.1 Å². The van der Waals surface area contributed by atoms with Crippen LogP contribution in [0.5, 0.6) is 0 Å². The van der Waals surface area contributed by atoms with Gasteiger partial charge in [-0.2, -0.15) is 0 Å². The fourth-order valence-corrected chi connectivity index (χ4v) is 3.47. The molecular weight excluding hydrogens is 294 g/mol. The van der Waals surface area contributed by atoms with Gasteiger partial charge in [0.2, 0.25) is 0 Å². The first kappa shape index (κ1) is 16.2. The maximum atomic E-state index is 12.5. The maximum absolute atomic E-state index is 12.5. The molecule has 2 aliphatic heterocycles. The second kappa shape index (κ2) is 6.43. The van der Waals surface area contributed by atoms with E-state index in [9.17, 15) is 15.0 Å². The summed E-state index contributed by atoms with van der Waals surface area (Å²) in [5, 5.41) is 20.8. The molecule has 0 aromatic heterocycles. The minimum Gasteiger partial charge on any atom is -0.459 e. The number of hydrogen-bond donors (Lipinski definition) is 2. The van der Waals surface area contributed by atoms with E-state index in [1.165, 1.54) is 0 Å². The maximum Gasteiger partial charge on any atom is 0.343 e. The molecule has 1 saturated heterocycles. The second-order valence-corrected chi connectivity index (χ2v) is 6.23. The lowest BCUT2D eigenvalue weighted by atomic mass is 9.91. The molecule has 124 valence electrons. The molecule has 0 spiro atoms. The number of carbonyl (C=O) groups is 1. The lowest BCUT2D eigenvalue weighted by molar-refractivity contribution is -0.166. The number of aliphatic hydroxyl groups excluding tert-OH is 1. The monoisotopic (exact) mass is 317 g/mol. The fourth-order valence-electron chi connectivity index (χ4n) is 3.47. The molecule has 1 fully saturated rings. The highest BCUT2D eigenvalue weighted by Gasteiger charge is 2.41. The van der Waals surface area contributed by atoms with Crippen LogP contribution in [0.4, 0.5) is 0 Å². The van der Waals surface area contributed by atoms with Gasteiger partial charge in [-0.1, -0.05) is 43.3 Å². The molecule has 1 aromatic carbocycles. The van der Waals surface area contributed by atoms with Crippen molar-refractivity contribution in [3.05, 3.63) is 47.5 Å². The van der Waals surface area contributed by atoms with Gasteiger partial charge in [0.15, 0.2) is 5.60 Å². The Morgan fingerprint density at radius 3 is 2.83 bits per heavy atom. The van der Waals surface area contributed by atoms with Gasteiger partial charge in [-0.15, -0.1) is 0 Å². The molecule has 3 atom stereocenters. The molecule has 0 amide bonds. The topological polar surface area (TPSA) is 70.0 Å². The zero-order valence-electron chi connectivity index (χ0n) is 13.3. The molecule has 2 heterocycles. The van der Waals surface area contributed by atoms with Gasteiger partial charge in [0.1, 0.15) is 6.61 Å². The minimum atomic E-state index is -1.63. The van der Waals surface area contributed by atoms with Gasteiger partial charge >= 0.3 is 5.97 Å². The Kier molecular flexibility index (Phi) is 4.53. The van der Waals surface area contributed by atoms with E-state index in [4.69, 9.17) is 4.74 Å². The van der Waals surface area contributed by atoms with Crippen LogP contribution in [0.15, 0.2) is 42.0 Å². The fraction of sp³-hybridized carbons (Fsp3) is 0.500. The van der Waals surface area contributed by atoms with Crippen molar-refractivity contribution in [2.75, 3.05) is 19.7 Å². The number of ether oxygens (including phenoxy) is 1. The Morgan fingerprint density at radius 1 is 1.39 bits per heavy atom. The summed E-state index contributed by atoms with van der Waals surface area (Å²) >= 11 is 0. The zero-order valence-corrected chi connectivity index (χ0v) is 13.3. The van der Waals surface area contributed by atoms with Crippen molar-refractivity contribution in [1.82, 2.24) is 4.90 Å². The molecular formula is C18H23NO4. The third-order valence-corrected chi connectivity index (χ3v) is 4.91. The van der Waals surface area contributed by atoms with Gasteiger partial charge in [-0.05, 0) is 24.0 Å². The van der Waals surface area contributed by atoms with Crippen LogP contribution < -0.4 is 0 Å². The largest absolute Gasteiger partial charge is 0.459 e. The highest BCUT2D eigenvalue weighted by atomic mass is 16.5. The molecule has 3 rings (SSSR count). The Hall–Kier alpha value is -1.69. The predicted molar refractivity (Wildman–Crippen MR) is 85.7 cm³/mol. The first-order valence-electron chi connectivity index (χ1n) is 8.12. The number of esters is 1. The van der Waals surface area contributed by atoms with E-state index >= 15 is 0 Å². The molecule has 1 aromatic rings. The first-order valence-corrected chi connectivity index (χ1v) is 8.12. The lowest BCUT2D eigenvalue weighted by Crippen LogP contribution is -2.38. The molecule has 2 aliphatic rings. The average Bonchev–Trinajstić information content (AvgIpc) is 3.16. The molecule has 0 saturated carbocycles. The Balaban J connectivity index is 1.67. The standard InChI is InChI=1S/C18H23NO4/c1-2-18(22,14-6-4-3-5-7-14)17(21)23-12-13-8-10-19-11-9-15(20)16(13)19/h3-8,15-16,20,22H,2,9-12H2,1H3/t15-,16+,18-/m0/s1. The molecule has 5 heteroatoms. The normalized spacial score (nSPS) is 26.5. The van der Waals surface area contributed by atoms with Crippen molar-refractivity contribution in [3.63, 3.8) is 0 Å². The third kappa shape index (κ3) is 2.92. The number of aliphatic hydroxyl groups is 2. The highest BCUT2D eigenvalue weighted by molar-refractivity contribution is 5.81. The van der Waals surface area contributed by atoms with Crippen LogP contribution in [0.1, 0.15) is 25.3 Å². The van der Waals surface area contributed by atoms with Crippen molar-refractivity contribution >= 4 is 5.97 Å². The van der Waals surface area contributed by atoms with Gasteiger partial charge in [-0.3, -0.25) is 4.90 Å². The Labute approximate surface area is 136 Å². The molecule has 2 N–H and O–H groups in total. The van der Waals surface area contributed by atoms with Crippen LogP contribution in [0.25, 0.3) is 0 Å². The van der Waals surface area contributed by atoms with E-state index in [0.717, 1.165) is 25.1 Å². The van der Waals surface area contributed by atoms with Gasteiger partial charge in [0, 0.05) is 13.1 Å². The Bertz CT molecular complexity index is 600. The van der Waals surface area contributed by atoms with Crippen LogP contribution in [0, 0.1) is 0 Å². The highest BCUT2D eigenvalue weighted by Crippen LogP contribution is 2.31. The van der Waals surface area contributed by atoms with Crippen molar-refractivity contribution < 1.29 is 19.7 Å². The zero-order chi connectivity index (χ0) is 16.4. The van der Waals surface area contributed by atoms with Crippen molar-refractivity contribution in [1.29, 1.82) is 0 Å². The van der Waals surface area contributed by atoms with E-state index in [0.29, 0.717) is 5.56 Å². The second-order valence-electron chi connectivity index (χ2n) is 6.23. The van der Waals surface area contributed by atoms with Crippen LogP contribution in [0.3, 0.4) is 0 Å². The predicted octanol–water partition coefficient (Wildman–Crippen LogP) is 1.20. The van der Waals surface area contributed by atoms with Gasteiger partial charge in [-0.25, -0.2) is 4.79 Å². The summed E-state index contributed by atoms with van der Waals surface area (Å²) in [6.45, 7) is 3.52. The smallest absolute Gasteiger partial charge is 0.343 e. The van der Waals surface area contributed by atoms with E-state index in [-0.39, 0.29) is 19.1 Å². The van der Waals surface area contributed by atoms with Crippen molar-refractivity contribution in [3.8, 4) is 0 Å². The Morgan fingerprint density at radius 2 is 2.13 bits per heavy atom. The van der Waals surface area contributed by atoms with E-state index in [2.05, 4.69) is 4.90 Å². The molecule has 0 bridgehead atoms. The summed E-state index contributed by atoms with van der Waals surface area (Å²) in [7, 11) is 0. The van der Waals surface area contributed by atoms with Crippen LogP contribution in [0.2, 0.25) is 0 Å². The number of carbonyl (C=O) groups excluding carboxylic acids is 1. The number of benzene rings is 1. The molecule has 0 unspecified atom stereocenters. The summed E-state index contributed by atoms with van der Waals surface area (Å²) < 4.78 is 5.40. The van der Waals surface area contributed by atoms with Crippen LogP contribution in [-0.4, -0.2) is 52.9 Å². The number of hydrogen-bond acceptors (Lipinski definition) is 5. The molecule has 23 heavy (non-hydrogen) atoms. The quantitative estimate of drug-likeness (QED) is 0.631. The summed E-state index contributed by atoms with van der Waals surface area (Å²) in [4.78, 5) is 14.6. The molecule has 0 radical (unpaired) electrons. The van der Waals surface area contributed by atoms with Crippen molar-refractivity contribution in [2.24, 2.45) is 0 Å². The summed E-state index contributed by atoms with van der Waals surface area (Å²) in [5.74, 6) is -0.641. The van der Waals surface area contributed by atoms with Crippen LogP contribution in [-0.2, 0) is 15.1 Å². The molecule has 5 nitrogen and oxygen atoms in total. The third-order valence-electron chi connectivity index (χ3n) is 4.91. The van der Waals surface area contributed by atoms with E-state index < -0.39 is 17.7 Å².